The van der Waals surface area contributed by atoms with Gasteiger partial charge >= 0.3 is 12.2 Å². The van der Waals surface area contributed by atoms with E-state index in [2.05, 4.69) is 33.4 Å². The minimum atomic E-state index is -1.08. The molecule has 9 N–H and O–H groups in total. The highest BCUT2D eigenvalue weighted by atomic mass is 16.6. The van der Waals surface area contributed by atoms with Gasteiger partial charge in [0.2, 0.25) is 11.8 Å². The highest BCUT2D eigenvalue weighted by Gasteiger charge is 2.32. The molecule has 13 nitrogen and oxygen atoms in total. The Morgan fingerprint density at radius 1 is 0.508 bits per heavy atom. The molecule has 0 radical (unpaired) electrons. The van der Waals surface area contributed by atoms with Crippen LogP contribution in [0.3, 0.4) is 0 Å². The number of ether oxygens (including phenoxy) is 2. The zero-order valence-electron chi connectivity index (χ0n) is 35.7. The number of carbonyl (C=O) groups is 4. The first-order valence-corrected chi connectivity index (χ1v) is 21.8. The second-order valence-electron chi connectivity index (χ2n) is 16.4. The van der Waals surface area contributed by atoms with Gasteiger partial charge in [-0.2, -0.15) is 0 Å². The maximum atomic E-state index is 13.9. The third-order valence-corrected chi connectivity index (χ3v) is 12.1. The van der Waals surface area contributed by atoms with Gasteiger partial charge in [0.05, 0.1) is 12.6 Å². The summed E-state index contributed by atoms with van der Waals surface area (Å²) in [7, 11) is 0. The molecule has 3 atom stereocenters. The Hall–Kier alpha value is -7.64. The summed E-state index contributed by atoms with van der Waals surface area (Å²) >= 11 is 0. The minimum Gasteiger partial charge on any atom is -0.449 e. The van der Waals surface area contributed by atoms with Crippen molar-refractivity contribution in [1.29, 1.82) is 0 Å². The van der Waals surface area contributed by atoms with Crippen LogP contribution < -0.4 is 32.7 Å². The van der Waals surface area contributed by atoms with Crippen molar-refractivity contribution in [3.63, 3.8) is 0 Å². The van der Waals surface area contributed by atoms with E-state index in [-0.39, 0.29) is 50.9 Å². The van der Waals surface area contributed by atoms with Crippen molar-refractivity contribution in [2.24, 2.45) is 0 Å². The lowest BCUT2D eigenvalue weighted by Crippen LogP contribution is -2.52. The molecule has 0 unspecified atom stereocenters. The van der Waals surface area contributed by atoms with Crippen LogP contribution in [0.15, 0.2) is 146 Å². The molecule has 2 aliphatic carbocycles. The third-order valence-electron chi connectivity index (χ3n) is 12.1. The lowest BCUT2D eigenvalue weighted by molar-refractivity contribution is -0.124. The van der Waals surface area contributed by atoms with E-state index in [0.717, 1.165) is 55.6 Å². The Morgan fingerprint density at radius 2 is 0.877 bits per heavy atom. The standard InChI is InChI=1S/C52H52N6O7/c53-34-21-17-32(18-22-34)27-47(57-51(62)64-30-45-41-13-5-1-9-37(41)38-10-2-6-14-42(38)45)49(60)55-26-25-36(29-59)56-50(61)48(28-33-19-23-35(54)24-20-33)58-52(63)65-31-46-43-15-7-3-11-39(43)40-12-4-8-16-44(40)46/h1-24,36,45-48,59H,25-31,53-54H2,(H,55,60)(H,56,61)(H,57,62)(H,58,63)/t36-,47-,48-/m0/s1. The van der Waals surface area contributed by atoms with Crippen LogP contribution in [0.2, 0.25) is 0 Å². The number of alkyl carbamates (subject to hydrolysis) is 2. The Labute approximate surface area is 377 Å². The van der Waals surface area contributed by atoms with E-state index >= 15 is 0 Å². The number of carbonyl (C=O) groups excluding carboxylic acids is 4. The number of hydrogen-bond acceptors (Lipinski definition) is 9. The molecule has 0 saturated heterocycles. The van der Waals surface area contributed by atoms with Crippen molar-refractivity contribution in [3.8, 4) is 22.3 Å². The second kappa shape index (κ2) is 20.2. The molecule has 0 spiro atoms. The fraction of sp³-hybridized carbons (Fsp3) is 0.231. The summed E-state index contributed by atoms with van der Waals surface area (Å²) in [6.07, 6.45) is -1.14. The molecular formula is C52H52N6O7. The monoisotopic (exact) mass is 872 g/mol. The highest BCUT2D eigenvalue weighted by molar-refractivity contribution is 5.87. The molecule has 4 amide bonds. The van der Waals surface area contributed by atoms with Crippen molar-refractivity contribution >= 4 is 35.4 Å². The van der Waals surface area contributed by atoms with Gasteiger partial charge in [-0.3, -0.25) is 9.59 Å². The van der Waals surface area contributed by atoms with Crippen LogP contribution in [0.5, 0.6) is 0 Å². The molecular weight excluding hydrogens is 821 g/mol. The number of aliphatic hydroxyl groups excluding tert-OH is 1. The van der Waals surface area contributed by atoms with E-state index in [1.54, 1.807) is 48.5 Å². The molecule has 0 fully saturated rings. The Balaban J connectivity index is 0.881. The lowest BCUT2D eigenvalue weighted by atomic mass is 9.98. The molecule has 0 aliphatic heterocycles. The van der Waals surface area contributed by atoms with Crippen molar-refractivity contribution in [1.82, 2.24) is 21.3 Å². The van der Waals surface area contributed by atoms with Gasteiger partial charge in [0, 0.05) is 42.6 Å². The molecule has 8 rings (SSSR count). The molecule has 0 aromatic heterocycles. The third kappa shape index (κ3) is 10.4. The number of nitrogens with one attached hydrogen (secondary N) is 4. The number of nitrogen functional groups attached to an aromatic ring is 2. The predicted octanol–water partition coefficient (Wildman–Crippen LogP) is 6.43. The van der Waals surface area contributed by atoms with Gasteiger partial charge in [-0.05, 0) is 86.3 Å². The van der Waals surface area contributed by atoms with Crippen LogP contribution in [-0.4, -0.2) is 73.6 Å². The van der Waals surface area contributed by atoms with E-state index in [1.807, 2.05) is 84.9 Å². The van der Waals surface area contributed by atoms with E-state index in [4.69, 9.17) is 20.9 Å². The van der Waals surface area contributed by atoms with Crippen LogP contribution in [0, 0.1) is 0 Å². The zero-order valence-corrected chi connectivity index (χ0v) is 35.7. The van der Waals surface area contributed by atoms with E-state index in [9.17, 15) is 24.3 Å². The number of aliphatic hydroxyl groups is 1. The molecule has 13 heteroatoms. The largest absolute Gasteiger partial charge is 0.449 e. The number of benzene rings is 6. The SMILES string of the molecule is Nc1ccc(C[C@H](NC(=O)OCC2c3ccccc3-c3ccccc32)C(=O)NCC[C@@H](CO)NC(=O)[C@H](Cc2ccc(N)cc2)NC(=O)OCC2c3ccccc3-c3ccccc32)cc1. The summed E-state index contributed by atoms with van der Waals surface area (Å²) in [4.78, 5) is 54.4. The summed E-state index contributed by atoms with van der Waals surface area (Å²) < 4.78 is 11.5. The number of fused-ring (bicyclic) bond motifs is 6. The Kier molecular flexibility index (Phi) is 13.7. The van der Waals surface area contributed by atoms with Gasteiger partial charge in [0.15, 0.2) is 0 Å². The summed E-state index contributed by atoms with van der Waals surface area (Å²) in [5.41, 5.74) is 23.0. The first-order valence-electron chi connectivity index (χ1n) is 21.8. The quantitative estimate of drug-likeness (QED) is 0.0503. The average Bonchev–Trinajstić information content (AvgIpc) is 3.82. The van der Waals surface area contributed by atoms with Gasteiger partial charge in [0.25, 0.3) is 0 Å². The van der Waals surface area contributed by atoms with Crippen molar-refractivity contribution < 1.29 is 33.8 Å². The van der Waals surface area contributed by atoms with Gasteiger partial charge in [-0.25, -0.2) is 9.59 Å². The molecule has 2 aliphatic rings. The van der Waals surface area contributed by atoms with Crippen LogP contribution >= 0.6 is 0 Å². The first kappa shape index (κ1) is 44.0. The molecule has 0 heterocycles. The van der Waals surface area contributed by atoms with E-state index < -0.39 is 48.7 Å². The zero-order chi connectivity index (χ0) is 45.3. The molecule has 6 aromatic rings. The van der Waals surface area contributed by atoms with Gasteiger partial charge < -0.3 is 47.3 Å². The first-order chi connectivity index (χ1) is 31.6. The normalized spacial score (nSPS) is 13.8. The average molecular weight is 873 g/mol. The van der Waals surface area contributed by atoms with Crippen molar-refractivity contribution in [2.75, 3.05) is 37.8 Å². The molecule has 0 saturated carbocycles. The van der Waals surface area contributed by atoms with E-state index in [0.29, 0.717) is 11.4 Å². The Morgan fingerprint density at radius 3 is 1.26 bits per heavy atom. The topological polar surface area (TPSA) is 207 Å². The van der Waals surface area contributed by atoms with Gasteiger partial charge in [-0.15, -0.1) is 0 Å². The number of rotatable bonds is 17. The molecule has 65 heavy (non-hydrogen) atoms. The maximum Gasteiger partial charge on any atom is 0.407 e. The van der Waals surface area contributed by atoms with Crippen LogP contribution in [0.25, 0.3) is 22.3 Å². The molecule has 6 aromatic carbocycles. The summed E-state index contributed by atoms with van der Waals surface area (Å²) in [6.45, 7) is -0.278. The number of hydrogen-bond donors (Lipinski definition) is 7. The number of amides is 4. The molecule has 332 valence electrons. The van der Waals surface area contributed by atoms with Crippen molar-refractivity contribution in [2.45, 2.75) is 49.2 Å². The summed E-state index contributed by atoms with van der Waals surface area (Å²) in [6, 6.07) is 43.1. The highest BCUT2D eigenvalue weighted by Crippen LogP contribution is 2.45. The van der Waals surface area contributed by atoms with Crippen LogP contribution in [0.1, 0.15) is 51.6 Å². The number of anilines is 2. The van der Waals surface area contributed by atoms with Gasteiger partial charge in [-0.1, -0.05) is 121 Å². The Bertz CT molecular complexity index is 2560. The fourth-order valence-electron chi connectivity index (χ4n) is 8.77. The lowest BCUT2D eigenvalue weighted by Gasteiger charge is -2.24. The van der Waals surface area contributed by atoms with Crippen LogP contribution in [-0.2, 0) is 31.9 Å². The smallest absolute Gasteiger partial charge is 0.407 e. The second-order valence-corrected chi connectivity index (χ2v) is 16.4. The number of nitrogens with two attached hydrogens (primary N) is 2. The van der Waals surface area contributed by atoms with Gasteiger partial charge in [0.1, 0.15) is 25.3 Å². The maximum absolute atomic E-state index is 13.9. The fourth-order valence-corrected chi connectivity index (χ4v) is 8.77. The minimum absolute atomic E-state index is 0.0391. The summed E-state index contributed by atoms with van der Waals surface area (Å²) in [5, 5.41) is 21.5. The molecule has 0 bridgehead atoms. The van der Waals surface area contributed by atoms with Crippen molar-refractivity contribution in [3.05, 3.63) is 179 Å². The predicted molar refractivity (Wildman–Crippen MR) is 250 cm³/mol. The van der Waals surface area contributed by atoms with E-state index in [1.165, 1.54) is 0 Å². The summed E-state index contributed by atoms with van der Waals surface area (Å²) in [5.74, 6) is -1.38. The van der Waals surface area contributed by atoms with Crippen LogP contribution in [0.4, 0.5) is 21.0 Å².